The number of aromatic nitrogens is 2. The number of fused-ring (bicyclic) bond motifs is 1. The van der Waals surface area contributed by atoms with E-state index in [1.165, 1.54) is 6.33 Å². The molecule has 2 N–H and O–H groups in total. The number of aliphatic hydroxyl groups excluding tert-OH is 1. The summed E-state index contributed by atoms with van der Waals surface area (Å²) in [5.74, 6) is 3.43. The topological polar surface area (TPSA) is 121 Å². The van der Waals surface area contributed by atoms with Gasteiger partial charge in [0.15, 0.2) is 19.3 Å². The molecule has 0 atom stereocenters. The first-order valence-electron chi connectivity index (χ1n) is 9.82. The molecule has 0 aliphatic rings. The number of benzene rings is 2. The molecule has 11 heteroatoms. The fraction of sp³-hybridized carbons (Fsp3) is 0.261. The van der Waals surface area contributed by atoms with Gasteiger partial charge < -0.3 is 34.4 Å². The molecule has 3 rings (SSSR count). The zero-order valence-corrected chi connectivity index (χ0v) is 21.9. The van der Waals surface area contributed by atoms with Crippen molar-refractivity contribution in [3.05, 3.63) is 53.6 Å². The van der Waals surface area contributed by atoms with Crippen molar-refractivity contribution in [2.24, 2.45) is 0 Å². The van der Waals surface area contributed by atoms with Crippen LogP contribution in [0.15, 0.2) is 42.7 Å². The Morgan fingerprint density at radius 1 is 1.06 bits per heavy atom. The molecule has 0 spiro atoms. The summed E-state index contributed by atoms with van der Waals surface area (Å²) in [6.45, 7) is 1.69. The first kappa shape index (κ1) is 29.3. The number of hydrogen-bond acceptors (Lipinski definition) is 7. The van der Waals surface area contributed by atoms with Crippen molar-refractivity contribution in [2.45, 2.75) is 0 Å². The molecule has 1 aromatic heterocycles. The summed E-state index contributed by atoms with van der Waals surface area (Å²) in [6, 6.07) is 11.0. The molecule has 0 saturated heterocycles. The summed E-state index contributed by atoms with van der Waals surface area (Å²) in [5.41, 5.74) is 2.16. The van der Waals surface area contributed by atoms with Gasteiger partial charge in [0.25, 0.3) is 0 Å². The summed E-state index contributed by atoms with van der Waals surface area (Å²) >= 11 is 0. The van der Waals surface area contributed by atoms with E-state index in [4.69, 9.17) is 35.9 Å². The smallest absolute Gasteiger partial charge is 0.195 e. The van der Waals surface area contributed by atoms with Crippen LogP contribution < -0.4 is 9.47 Å². The maximum Gasteiger partial charge on any atom is 0.195 e. The van der Waals surface area contributed by atoms with Gasteiger partial charge >= 0.3 is 0 Å². The molecule has 0 amide bonds. The first-order chi connectivity index (χ1) is 16.0. The fourth-order valence-corrected chi connectivity index (χ4v) is 2.62. The number of ether oxygens (including phenoxy) is 4. The standard InChI is InChI=1S/C22H22N3O4.CH2BNO.Y/c1-4-16-6-5-7-17(12-16)25-22-18-13-20(28-10-8-26-2)21(29-11-9-27-3)14-19(18)23-15-24-22;2-1(3)4;/h1,5-7,12-15H,8-11H2,2-3H3;(H2,3,4);/q-1;;. The average molecular weight is 536 g/mol. The number of nitrogens with zero attached hydrogens (tertiary/aromatic N) is 3. The molecule has 1 heterocycles. The summed E-state index contributed by atoms with van der Waals surface area (Å²) in [6.07, 6.45) is 6.95. The maximum absolute atomic E-state index is 7.42. The van der Waals surface area contributed by atoms with Crippen molar-refractivity contribution in [1.29, 1.82) is 5.41 Å². The van der Waals surface area contributed by atoms with Gasteiger partial charge in [-0.05, 0) is 29.7 Å². The Morgan fingerprint density at radius 3 is 2.26 bits per heavy atom. The SMILES string of the molecule is C#Cc1cccc([N-]c2ncnc3cc(OCCOC)c(OCCOC)cc23)c1.[B]C(=N)O.[Y]. The van der Waals surface area contributed by atoms with Crippen molar-refractivity contribution in [3.8, 4) is 23.8 Å². The van der Waals surface area contributed by atoms with Crippen LogP contribution in [0.3, 0.4) is 0 Å². The molecule has 0 aliphatic carbocycles. The van der Waals surface area contributed by atoms with Gasteiger partial charge in [-0.3, -0.25) is 10.4 Å². The third-order valence-electron chi connectivity index (χ3n) is 4.02. The van der Waals surface area contributed by atoms with E-state index in [2.05, 4.69) is 29.1 Å². The number of methoxy groups -OCH3 is 2. The van der Waals surface area contributed by atoms with Crippen molar-refractivity contribution in [3.63, 3.8) is 0 Å². The zero-order chi connectivity index (χ0) is 24.1. The van der Waals surface area contributed by atoms with Crippen LogP contribution >= 0.6 is 0 Å². The quantitative estimate of drug-likeness (QED) is 0.134. The van der Waals surface area contributed by atoms with Crippen LogP contribution in [0, 0.1) is 17.8 Å². The summed E-state index contributed by atoms with van der Waals surface area (Å²) in [4.78, 5) is 8.68. The molecule has 0 unspecified atom stereocenters. The Balaban J connectivity index is 0.00000107. The van der Waals surface area contributed by atoms with E-state index in [0.717, 1.165) is 10.9 Å². The van der Waals surface area contributed by atoms with Crippen LogP contribution in [0.1, 0.15) is 5.56 Å². The molecule has 3 radical (unpaired) electrons. The molecular formula is C23H24BN4O5Y-. The number of nitrogens with one attached hydrogen (secondary N) is 1. The Bertz CT molecular complexity index is 1110. The van der Waals surface area contributed by atoms with E-state index in [-0.39, 0.29) is 32.7 Å². The third-order valence-corrected chi connectivity index (χ3v) is 4.02. The van der Waals surface area contributed by atoms with Gasteiger partial charge in [-0.15, -0.1) is 6.42 Å². The zero-order valence-electron chi connectivity index (χ0n) is 19.0. The summed E-state index contributed by atoms with van der Waals surface area (Å²) in [5, 5.41) is 18.6. The van der Waals surface area contributed by atoms with Gasteiger partial charge in [0.2, 0.25) is 0 Å². The van der Waals surface area contributed by atoms with E-state index in [1.54, 1.807) is 14.2 Å². The van der Waals surface area contributed by atoms with Crippen LogP contribution in [-0.2, 0) is 42.2 Å². The van der Waals surface area contributed by atoms with Crippen LogP contribution in [0.4, 0.5) is 11.5 Å². The molecule has 0 bridgehead atoms. The predicted molar refractivity (Wildman–Crippen MR) is 127 cm³/mol. The van der Waals surface area contributed by atoms with Gasteiger partial charge in [-0.1, -0.05) is 18.1 Å². The first-order valence-corrected chi connectivity index (χ1v) is 9.82. The average Bonchev–Trinajstić information content (AvgIpc) is 2.79. The molecule has 34 heavy (non-hydrogen) atoms. The van der Waals surface area contributed by atoms with Crippen molar-refractivity contribution in [1.82, 2.24) is 9.97 Å². The van der Waals surface area contributed by atoms with Crippen LogP contribution in [-0.4, -0.2) is 69.4 Å². The van der Waals surface area contributed by atoms with Crippen molar-refractivity contribution >= 4 is 36.1 Å². The van der Waals surface area contributed by atoms with E-state index in [9.17, 15) is 0 Å². The van der Waals surface area contributed by atoms with Crippen LogP contribution in [0.5, 0.6) is 11.5 Å². The number of aliphatic hydroxyl groups is 1. The Morgan fingerprint density at radius 2 is 1.68 bits per heavy atom. The molecular weight excluding hydrogens is 512 g/mol. The van der Waals surface area contributed by atoms with Crippen molar-refractivity contribution < 1.29 is 56.8 Å². The Hall–Kier alpha value is -2.70. The van der Waals surface area contributed by atoms with E-state index in [0.29, 0.717) is 54.9 Å². The van der Waals surface area contributed by atoms with Gasteiger partial charge in [0.1, 0.15) is 19.0 Å². The van der Waals surface area contributed by atoms with Gasteiger partial charge in [0, 0.05) is 70.3 Å². The summed E-state index contributed by atoms with van der Waals surface area (Å²) in [7, 11) is 7.49. The summed E-state index contributed by atoms with van der Waals surface area (Å²) < 4.78 is 21.8. The van der Waals surface area contributed by atoms with E-state index in [1.807, 2.05) is 36.4 Å². The molecule has 2 aromatic carbocycles. The normalized spacial score (nSPS) is 9.68. The van der Waals surface area contributed by atoms with Gasteiger partial charge in [-0.2, -0.15) is 0 Å². The largest absolute Gasteiger partial charge is 0.507 e. The monoisotopic (exact) mass is 536 g/mol. The second kappa shape index (κ2) is 16.0. The Labute approximate surface area is 225 Å². The molecule has 173 valence electrons. The number of terminal acetylenes is 1. The molecule has 0 aliphatic heterocycles. The Kier molecular flexibility index (Phi) is 13.8. The van der Waals surface area contributed by atoms with E-state index >= 15 is 0 Å². The minimum Gasteiger partial charge on any atom is -0.507 e. The maximum atomic E-state index is 7.42. The molecule has 9 nitrogen and oxygen atoms in total. The number of rotatable bonds is 10. The fourth-order valence-electron chi connectivity index (χ4n) is 2.62. The molecule has 0 saturated carbocycles. The van der Waals surface area contributed by atoms with Crippen LogP contribution in [0.2, 0.25) is 0 Å². The predicted octanol–water partition coefficient (Wildman–Crippen LogP) is 3.64. The van der Waals surface area contributed by atoms with E-state index < -0.39 is 5.80 Å². The van der Waals surface area contributed by atoms with Gasteiger partial charge in [0.05, 0.1) is 18.7 Å². The minimum absolute atomic E-state index is 0. The second-order valence-electron chi connectivity index (χ2n) is 6.39. The molecule has 0 fully saturated rings. The second-order valence-corrected chi connectivity index (χ2v) is 6.39. The van der Waals surface area contributed by atoms with Gasteiger partial charge in [-0.25, -0.2) is 0 Å². The minimum atomic E-state index is -0.833. The van der Waals surface area contributed by atoms with Crippen LogP contribution in [0.25, 0.3) is 16.2 Å². The van der Waals surface area contributed by atoms with Crippen molar-refractivity contribution in [2.75, 3.05) is 40.6 Å². The third kappa shape index (κ3) is 9.65. The molecule has 3 aromatic rings. The number of hydrogen-bond donors (Lipinski definition) is 2.